The van der Waals surface area contributed by atoms with Gasteiger partial charge in [0, 0.05) is 25.2 Å². The monoisotopic (exact) mass is 263 g/mol. The van der Waals surface area contributed by atoms with E-state index in [9.17, 15) is 8.78 Å². The summed E-state index contributed by atoms with van der Waals surface area (Å²) >= 11 is 0. The van der Waals surface area contributed by atoms with Crippen LogP contribution in [0.15, 0.2) is 36.4 Å². The third kappa shape index (κ3) is 3.02. The zero-order chi connectivity index (χ0) is 13.8. The molecule has 2 aromatic carbocycles. The lowest BCUT2D eigenvalue weighted by atomic mass is 10.0. The largest absolute Gasteiger partial charge is 0.494 e. The molecule has 1 N–H and O–H groups in total. The van der Waals surface area contributed by atoms with Gasteiger partial charge in [-0.2, -0.15) is 0 Å². The smallest absolute Gasteiger partial charge is 0.165 e. The van der Waals surface area contributed by atoms with E-state index < -0.39 is 11.6 Å². The molecule has 0 unspecified atom stereocenters. The van der Waals surface area contributed by atoms with Gasteiger partial charge in [0.15, 0.2) is 11.6 Å². The van der Waals surface area contributed by atoms with E-state index in [-0.39, 0.29) is 5.75 Å². The lowest BCUT2D eigenvalue weighted by molar-refractivity contribution is 0.382. The van der Waals surface area contributed by atoms with Gasteiger partial charge in [-0.25, -0.2) is 8.78 Å². The first kappa shape index (κ1) is 13.3. The summed E-state index contributed by atoms with van der Waals surface area (Å²) < 4.78 is 32.1. The van der Waals surface area contributed by atoms with E-state index in [2.05, 4.69) is 5.32 Å². The minimum Gasteiger partial charge on any atom is -0.494 e. The summed E-state index contributed by atoms with van der Waals surface area (Å²) in [7, 11) is 3.13. The van der Waals surface area contributed by atoms with Crippen molar-refractivity contribution >= 4 is 5.69 Å². The summed E-state index contributed by atoms with van der Waals surface area (Å²) in [6.45, 7) is 0. The topological polar surface area (TPSA) is 21.3 Å². The summed E-state index contributed by atoms with van der Waals surface area (Å²) in [6, 6.07) is 9.82. The van der Waals surface area contributed by atoms with Crippen LogP contribution in [-0.2, 0) is 6.42 Å². The average Bonchev–Trinajstić information content (AvgIpc) is 2.42. The zero-order valence-electron chi connectivity index (χ0n) is 10.8. The Balaban J connectivity index is 2.30. The maximum absolute atomic E-state index is 13.8. The number of rotatable bonds is 4. The van der Waals surface area contributed by atoms with Crippen LogP contribution < -0.4 is 10.1 Å². The highest BCUT2D eigenvalue weighted by Gasteiger charge is 2.11. The molecule has 0 aliphatic heterocycles. The molecule has 100 valence electrons. The number of hydrogen-bond acceptors (Lipinski definition) is 2. The number of halogens is 2. The molecule has 0 heterocycles. The van der Waals surface area contributed by atoms with E-state index in [4.69, 9.17) is 4.74 Å². The second-order valence-corrected chi connectivity index (χ2v) is 4.21. The molecule has 0 spiro atoms. The Morgan fingerprint density at radius 1 is 1.11 bits per heavy atom. The Hall–Kier alpha value is -2.10. The van der Waals surface area contributed by atoms with E-state index in [0.717, 1.165) is 17.3 Å². The third-order valence-corrected chi connectivity index (χ3v) is 2.93. The molecule has 19 heavy (non-hydrogen) atoms. The fraction of sp³-hybridized carbons (Fsp3) is 0.200. The third-order valence-electron chi connectivity index (χ3n) is 2.93. The Labute approximate surface area is 111 Å². The van der Waals surface area contributed by atoms with Crippen molar-refractivity contribution in [2.75, 3.05) is 19.5 Å². The SMILES string of the molecule is CNc1cccc(Cc2cc(F)c(OC)cc2F)c1. The molecule has 0 radical (unpaired) electrons. The highest BCUT2D eigenvalue weighted by Crippen LogP contribution is 2.23. The number of benzene rings is 2. The summed E-state index contributed by atoms with van der Waals surface area (Å²) in [5.74, 6) is -1.10. The molecule has 2 aromatic rings. The molecular weight excluding hydrogens is 248 g/mol. The van der Waals surface area contributed by atoms with Crippen LogP contribution >= 0.6 is 0 Å². The second kappa shape index (κ2) is 5.69. The van der Waals surface area contributed by atoms with Gasteiger partial charge in [-0.05, 0) is 29.3 Å². The van der Waals surface area contributed by atoms with Crippen molar-refractivity contribution in [3.05, 3.63) is 59.2 Å². The van der Waals surface area contributed by atoms with E-state index in [1.54, 1.807) is 0 Å². The molecule has 0 bridgehead atoms. The molecule has 0 aliphatic rings. The van der Waals surface area contributed by atoms with Crippen LogP contribution in [0.4, 0.5) is 14.5 Å². The first-order valence-electron chi connectivity index (χ1n) is 5.92. The molecule has 0 aliphatic carbocycles. The van der Waals surface area contributed by atoms with Gasteiger partial charge in [-0.3, -0.25) is 0 Å². The number of ether oxygens (including phenoxy) is 1. The maximum atomic E-state index is 13.8. The van der Waals surface area contributed by atoms with Gasteiger partial charge in [0.1, 0.15) is 5.82 Å². The normalized spacial score (nSPS) is 10.3. The fourth-order valence-electron chi connectivity index (χ4n) is 1.92. The molecule has 0 saturated heterocycles. The van der Waals surface area contributed by atoms with Gasteiger partial charge in [-0.15, -0.1) is 0 Å². The highest BCUT2D eigenvalue weighted by molar-refractivity contribution is 5.46. The fourth-order valence-corrected chi connectivity index (χ4v) is 1.92. The van der Waals surface area contributed by atoms with Gasteiger partial charge in [0.25, 0.3) is 0 Å². The van der Waals surface area contributed by atoms with Gasteiger partial charge in [0.05, 0.1) is 7.11 Å². The van der Waals surface area contributed by atoms with Gasteiger partial charge in [-0.1, -0.05) is 12.1 Å². The summed E-state index contributed by atoms with van der Waals surface area (Å²) in [4.78, 5) is 0. The van der Waals surface area contributed by atoms with Crippen LogP contribution in [0.2, 0.25) is 0 Å². The lowest BCUT2D eigenvalue weighted by Crippen LogP contribution is -1.98. The number of methoxy groups -OCH3 is 1. The van der Waals surface area contributed by atoms with E-state index >= 15 is 0 Å². The quantitative estimate of drug-likeness (QED) is 0.910. The van der Waals surface area contributed by atoms with Crippen molar-refractivity contribution in [2.24, 2.45) is 0 Å². The standard InChI is InChI=1S/C15H15F2NO/c1-18-12-5-3-4-10(7-12)6-11-8-14(17)15(19-2)9-13(11)16/h3-5,7-9,18H,6H2,1-2H3. The van der Waals surface area contributed by atoms with Crippen LogP contribution in [0, 0.1) is 11.6 Å². The van der Waals surface area contributed by atoms with Crippen LogP contribution in [0.25, 0.3) is 0 Å². The van der Waals surface area contributed by atoms with E-state index in [1.165, 1.54) is 13.2 Å². The van der Waals surface area contributed by atoms with Crippen LogP contribution in [-0.4, -0.2) is 14.2 Å². The molecule has 2 nitrogen and oxygen atoms in total. The highest BCUT2D eigenvalue weighted by atomic mass is 19.1. The predicted molar refractivity (Wildman–Crippen MR) is 71.7 cm³/mol. The van der Waals surface area contributed by atoms with Crippen LogP contribution in [0.3, 0.4) is 0 Å². The van der Waals surface area contributed by atoms with Gasteiger partial charge < -0.3 is 10.1 Å². The predicted octanol–water partition coefficient (Wildman–Crippen LogP) is 3.61. The van der Waals surface area contributed by atoms with Crippen molar-refractivity contribution in [3.8, 4) is 5.75 Å². The molecule has 0 atom stereocenters. The average molecular weight is 263 g/mol. The summed E-state index contributed by atoms with van der Waals surface area (Å²) in [5, 5.41) is 3.01. The van der Waals surface area contributed by atoms with Crippen LogP contribution in [0.1, 0.15) is 11.1 Å². The first-order chi connectivity index (χ1) is 9.13. The number of nitrogens with one attached hydrogen (secondary N) is 1. The number of anilines is 1. The molecule has 0 amide bonds. The zero-order valence-corrected chi connectivity index (χ0v) is 10.8. The Kier molecular flexibility index (Phi) is 4.00. The van der Waals surface area contributed by atoms with Crippen molar-refractivity contribution in [3.63, 3.8) is 0 Å². The van der Waals surface area contributed by atoms with E-state index in [1.807, 2.05) is 31.3 Å². The second-order valence-electron chi connectivity index (χ2n) is 4.21. The maximum Gasteiger partial charge on any atom is 0.165 e. The van der Waals surface area contributed by atoms with Gasteiger partial charge in [0.2, 0.25) is 0 Å². The Bertz CT molecular complexity index is 584. The minimum absolute atomic E-state index is 0.0785. The Morgan fingerprint density at radius 2 is 1.89 bits per heavy atom. The van der Waals surface area contributed by atoms with Crippen molar-refractivity contribution in [2.45, 2.75) is 6.42 Å². The lowest BCUT2D eigenvalue weighted by Gasteiger charge is -2.08. The molecule has 0 saturated carbocycles. The van der Waals surface area contributed by atoms with Crippen molar-refractivity contribution in [1.29, 1.82) is 0 Å². The van der Waals surface area contributed by atoms with Crippen molar-refractivity contribution in [1.82, 2.24) is 0 Å². The van der Waals surface area contributed by atoms with Crippen LogP contribution in [0.5, 0.6) is 5.75 Å². The summed E-state index contributed by atoms with van der Waals surface area (Å²) in [5.41, 5.74) is 2.16. The Morgan fingerprint density at radius 3 is 2.58 bits per heavy atom. The number of hydrogen-bond donors (Lipinski definition) is 1. The minimum atomic E-state index is -0.552. The molecular formula is C15H15F2NO. The molecule has 2 rings (SSSR count). The molecule has 0 aromatic heterocycles. The molecule has 4 heteroatoms. The summed E-state index contributed by atoms with van der Waals surface area (Å²) in [6.07, 6.45) is 0.336. The molecule has 0 fully saturated rings. The van der Waals surface area contributed by atoms with E-state index in [0.29, 0.717) is 12.0 Å². The first-order valence-corrected chi connectivity index (χ1v) is 5.92. The van der Waals surface area contributed by atoms with Crippen molar-refractivity contribution < 1.29 is 13.5 Å². The van der Waals surface area contributed by atoms with Gasteiger partial charge >= 0.3 is 0 Å².